The van der Waals surface area contributed by atoms with Crippen molar-refractivity contribution in [1.29, 1.82) is 0 Å². The molecule has 5 nitrogen and oxygen atoms in total. The van der Waals surface area contributed by atoms with E-state index in [2.05, 4.69) is 20.9 Å². The van der Waals surface area contributed by atoms with Crippen molar-refractivity contribution in [3.05, 3.63) is 71.5 Å². The highest BCUT2D eigenvalue weighted by atomic mass is 19.1. The Kier molecular flexibility index (Phi) is 8.83. The summed E-state index contributed by atoms with van der Waals surface area (Å²) in [4.78, 5) is 16.3. The molecule has 0 aliphatic rings. The van der Waals surface area contributed by atoms with Crippen molar-refractivity contribution >= 4 is 11.9 Å². The number of nitrogens with one attached hydrogen (secondary N) is 3. The monoisotopic (exact) mass is 370 g/mol. The molecular weight excluding hydrogens is 343 g/mol. The highest BCUT2D eigenvalue weighted by Crippen LogP contribution is 2.03. The molecule has 2 rings (SSSR count). The quantitative estimate of drug-likeness (QED) is 0.470. The molecule has 0 aromatic heterocycles. The molecule has 0 spiro atoms. The van der Waals surface area contributed by atoms with Crippen LogP contribution >= 0.6 is 0 Å². The van der Waals surface area contributed by atoms with Crippen LogP contribution in [0.3, 0.4) is 0 Å². The number of carbonyl (C=O) groups is 1. The fourth-order valence-electron chi connectivity index (χ4n) is 2.51. The van der Waals surface area contributed by atoms with E-state index in [1.54, 1.807) is 6.07 Å². The molecule has 3 N–H and O–H groups in total. The highest BCUT2D eigenvalue weighted by molar-refractivity contribution is 5.80. The minimum atomic E-state index is -0.227. The fraction of sp³-hybridized carbons (Fsp3) is 0.333. The number of hydrogen-bond donors (Lipinski definition) is 3. The van der Waals surface area contributed by atoms with Gasteiger partial charge in [0.2, 0.25) is 5.91 Å². The van der Waals surface area contributed by atoms with Gasteiger partial charge in [0.05, 0.1) is 6.54 Å². The van der Waals surface area contributed by atoms with Gasteiger partial charge in [-0.05, 0) is 36.6 Å². The van der Waals surface area contributed by atoms with Crippen LogP contribution in [-0.4, -0.2) is 31.5 Å². The topological polar surface area (TPSA) is 65.5 Å². The Morgan fingerprint density at radius 1 is 1.00 bits per heavy atom. The van der Waals surface area contributed by atoms with Crippen molar-refractivity contribution in [2.75, 3.05) is 19.6 Å². The predicted molar refractivity (Wildman–Crippen MR) is 107 cm³/mol. The van der Waals surface area contributed by atoms with Gasteiger partial charge < -0.3 is 16.0 Å². The van der Waals surface area contributed by atoms with Gasteiger partial charge in [-0.25, -0.2) is 4.39 Å². The first-order valence-corrected chi connectivity index (χ1v) is 9.24. The summed E-state index contributed by atoms with van der Waals surface area (Å²) in [6.45, 7) is 4.27. The van der Waals surface area contributed by atoms with Crippen molar-refractivity contribution in [2.24, 2.45) is 4.99 Å². The predicted octanol–water partition coefficient (Wildman–Crippen LogP) is 2.63. The number of guanidine groups is 1. The number of hydrogen-bond acceptors (Lipinski definition) is 2. The minimum Gasteiger partial charge on any atom is -0.357 e. The van der Waals surface area contributed by atoms with E-state index in [-0.39, 0.29) is 11.7 Å². The lowest BCUT2D eigenvalue weighted by Gasteiger charge is -2.11. The van der Waals surface area contributed by atoms with Crippen LogP contribution in [0.4, 0.5) is 4.39 Å². The molecule has 0 aliphatic carbocycles. The lowest BCUT2D eigenvalue weighted by atomic mass is 10.1. The molecule has 0 bridgehead atoms. The SMILES string of the molecule is CCNC(=NCCC(=O)NCc1ccccc1)NCCc1cccc(F)c1. The van der Waals surface area contributed by atoms with Crippen LogP contribution < -0.4 is 16.0 Å². The fourth-order valence-corrected chi connectivity index (χ4v) is 2.51. The van der Waals surface area contributed by atoms with E-state index < -0.39 is 0 Å². The van der Waals surface area contributed by atoms with E-state index in [0.29, 0.717) is 38.4 Å². The van der Waals surface area contributed by atoms with Gasteiger partial charge in [0.1, 0.15) is 5.82 Å². The van der Waals surface area contributed by atoms with Crippen LogP contribution in [0, 0.1) is 5.82 Å². The second-order valence-electron chi connectivity index (χ2n) is 6.08. The molecule has 2 aromatic carbocycles. The molecule has 0 unspecified atom stereocenters. The molecule has 144 valence electrons. The molecule has 0 aliphatic heterocycles. The second kappa shape index (κ2) is 11.7. The first-order chi connectivity index (χ1) is 13.2. The Hall–Kier alpha value is -2.89. The molecule has 1 amide bonds. The average molecular weight is 370 g/mol. The maximum Gasteiger partial charge on any atom is 0.222 e. The lowest BCUT2D eigenvalue weighted by molar-refractivity contribution is -0.121. The molecule has 27 heavy (non-hydrogen) atoms. The average Bonchev–Trinajstić information content (AvgIpc) is 2.67. The first kappa shape index (κ1) is 20.4. The van der Waals surface area contributed by atoms with Crippen LogP contribution in [0.15, 0.2) is 59.6 Å². The van der Waals surface area contributed by atoms with Gasteiger partial charge in [-0.15, -0.1) is 0 Å². The molecule has 0 heterocycles. The Morgan fingerprint density at radius 3 is 2.52 bits per heavy atom. The maximum atomic E-state index is 13.2. The Balaban J connectivity index is 1.71. The first-order valence-electron chi connectivity index (χ1n) is 9.24. The van der Waals surface area contributed by atoms with E-state index in [0.717, 1.165) is 17.7 Å². The summed E-state index contributed by atoms with van der Waals surface area (Å²) in [5.74, 6) is 0.401. The van der Waals surface area contributed by atoms with Crippen molar-refractivity contribution in [1.82, 2.24) is 16.0 Å². The molecule has 6 heteroatoms. The van der Waals surface area contributed by atoms with Gasteiger partial charge >= 0.3 is 0 Å². The van der Waals surface area contributed by atoms with Crippen molar-refractivity contribution in [3.8, 4) is 0 Å². The summed E-state index contributed by atoms with van der Waals surface area (Å²) in [5.41, 5.74) is 2.00. The number of amides is 1. The summed E-state index contributed by atoms with van der Waals surface area (Å²) >= 11 is 0. The third-order valence-electron chi connectivity index (χ3n) is 3.88. The van der Waals surface area contributed by atoms with Crippen LogP contribution in [0.1, 0.15) is 24.5 Å². The Bertz CT molecular complexity index is 734. The molecule has 0 fully saturated rings. The van der Waals surface area contributed by atoms with Crippen LogP contribution in [0.5, 0.6) is 0 Å². The van der Waals surface area contributed by atoms with Gasteiger partial charge in [-0.1, -0.05) is 42.5 Å². The number of carbonyl (C=O) groups excluding carboxylic acids is 1. The number of benzene rings is 2. The van der Waals surface area contributed by atoms with Gasteiger partial charge in [0.15, 0.2) is 5.96 Å². The van der Waals surface area contributed by atoms with Gasteiger partial charge in [-0.2, -0.15) is 0 Å². The smallest absolute Gasteiger partial charge is 0.222 e. The maximum absolute atomic E-state index is 13.2. The lowest BCUT2D eigenvalue weighted by Crippen LogP contribution is -2.38. The minimum absolute atomic E-state index is 0.0294. The molecule has 0 saturated heterocycles. The normalized spacial score (nSPS) is 11.1. The van der Waals surface area contributed by atoms with Crippen molar-refractivity contribution in [3.63, 3.8) is 0 Å². The van der Waals surface area contributed by atoms with E-state index in [1.165, 1.54) is 12.1 Å². The zero-order valence-corrected chi connectivity index (χ0v) is 15.7. The molecule has 2 aromatic rings. The number of nitrogens with zero attached hydrogens (tertiary/aromatic N) is 1. The highest BCUT2D eigenvalue weighted by Gasteiger charge is 2.02. The summed E-state index contributed by atoms with van der Waals surface area (Å²) in [5, 5.41) is 9.24. The zero-order valence-electron chi connectivity index (χ0n) is 15.7. The third-order valence-corrected chi connectivity index (χ3v) is 3.88. The second-order valence-corrected chi connectivity index (χ2v) is 6.08. The summed E-state index contributed by atoms with van der Waals surface area (Å²) in [6.07, 6.45) is 1.02. The van der Waals surface area contributed by atoms with Crippen molar-refractivity contribution < 1.29 is 9.18 Å². The molecule has 0 atom stereocenters. The Labute approximate surface area is 160 Å². The molecular formula is C21H27FN4O. The van der Waals surface area contributed by atoms with E-state index in [9.17, 15) is 9.18 Å². The van der Waals surface area contributed by atoms with Gasteiger partial charge in [-0.3, -0.25) is 9.79 Å². The van der Waals surface area contributed by atoms with E-state index in [4.69, 9.17) is 0 Å². The van der Waals surface area contributed by atoms with E-state index in [1.807, 2.05) is 43.3 Å². The van der Waals surface area contributed by atoms with E-state index >= 15 is 0 Å². The van der Waals surface area contributed by atoms with Crippen LogP contribution in [0.25, 0.3) is 0 Å². The summed E-state index contributed by atoms with van der Waals surface area (Å²) < 4.78 is 13.2. The number of rotatable bonds is 9. The number of halogens is 1. The van der Waals surface area contributed by atoms with Gasteiger partial charge in [0, 0.05) is 26.1 Å². The van der Waals surface area contributed by atoms with Gasteiger partial charge in [0.25, 0.3) is 0 Å². The largest absolute Gasteiger partial charge is 0.357 e. The molecule has 0 saturated carbocycles. The van der Waals surface area contributed by atoms with Crippen LogP contribution in [-0.2, 0) is 17.8 Å². The Morgan fingerprint density at radius 2 is 1.78 bits per heavy atom. The zero-order chi connectivity index (χ0) is 19.3. The molecule has 0 radical (unpaired) electrons. The third kappa shape index (κ3) is 8.35. The summed E-state index contributed by atoms with van der Waals surface area (Å²) in [7, 11) is 0. The standard InChI is InChI=1S/C21H27FN4O/c1-2-23-21(24-13-11-17-9-6-10-19(22)15-17)25-14-12-20(27)26-16-18-7-4-3-5-8-18/h3-10,15H,2,11-14,16H2,1H3,(H,26,27)(H2,23,24,25). The van der Waals surface area contributed by atoms with Crippen molar-refractivity contribution in [2.45, 2.75) is 26.3 Å². The summed E-state index contributed by atoms with van der Waals surface area (Å²) in [6, 6.07) is 16.4. The number of aliphatic imine (C=N–C) groups is 1. The van der Waals surface area contributed by atoms with Crippen LogP contribution in [0.2, 0.25) is 0 Å².